The van der Waals surface area contributed by atoms with E-state index < -0.39 is 0 Å². The van der Waals surface area contributed by atoms with E-state index in [1.807, 2.05) is 0 Å². The van der Waals surface area contributed by atoms with Crippen LogP contribution in [0.25, 0.3) is 10.8 Å². The van der Waals surface area contributed by atoms with Crippen LogP contribution >= 0.6 is 0 Å². The number of benzene rings is 3. The molecule has 0 spiro atoms. The van der Waals surface area contributed by atoms with Gasteiger partial charge < -0.3 is 10.5 Å². The zero-order chi connectivity index (χ0) is 15.2. The monoisotopic (exact) mass is 291 g/mol. The van der Waals surface area contributed by atoms with Crippen LogP contribution in [0.4, 0.5) is 0 Å². The molecule has 0 radical (unpaired) electrons. The molecule has 3 rings (SSSR count). The van der Waals surface area contributed by atoms with E-state index in [0.717, 1.165) is 18.6 Å². The first-order valence-electron chi connectivity index (χ1n) is 7.69. The Morgan fingerprint density at radius 2 is 1.50 bits per heavy atom. The van der Waals surface area contributed by atoms with Gasteiger partial charge in [0.05, 0.1) is 13.2 Å². The highest BCUT2D eigenvalue weighted by Crippen LogP contribution is 2.19. The third kappa shape index (κ3) is 3.53. The van der Waals surface area contributed by atoms with Gasteiger partial charge in [-0.2, -0.15) is 0 Å². The van der Waals surface area contributed by atoms with Gasteiger partial charge >= 0.3 is 0 Å². The second-order valence-corrected chi connectivity index (χ2v) is 5.46. The maximum atomic E-state index is 5.81. The average Bonchev–Trinajstić information content (AvgIpc) is 2.59. The highest BCUT2D eigenvalue weighted by atomic mass is 16.5. The highest BCUT2D eigenvalue weighted by molar-refractivity contribution is 5.85. The molecule has 0 aliphatic carbocycles. The van der Waals surface area contributed by atoms with Crippen LogP contribution < -0.4 is 5.73 Å². The number of hydrogen-bond donors (Lipinski definition) is 1. The van der Waals surface area contributed by atoms with E-state index in [4.69, 9.17) is 10.5 Å². The lowest BCUT2D eigenvalue weighted by molar-refractivity contribution is 0.124. The third-order valence-electron chi connectivity index (χ3n) is 3.92. The summed E-state index contributed by atoms with van der Waals surface area (Å²) < 4.78 is 5.81. The third-order valence-corrected chi connectivity index (χ3v) is 3.92. The lowest BCUT2D eigenvalue weighted by Gasteiger charge is -2.08. The summed E-state index contributed by atoms with van der Waals surface area (Å²) in [6.45, 7) is 1.96. The van der Waals surface area contributed by atoms with Crippen molar-refractivity contribution >= 4 is 10.8 Å². The molecule has 0 fully saturated rings. The Morgan fingerprint density at radius 3 is 2.32 bits per heavy atom. The SMILES string of the molecule is NCc1ccc(COCCc2cccc3ccccc23)cc1. The molecule has 22 heavy (non-hydrogen) atoms. The molecule has 0 unspecified atom stereocenters. The summed E-state index contributed by atoms with van der Waals surface area (Å²) in [4.78, 5) is 0. The van der Waals surface area contributed by atoms with Gasteiger partial charge in [-0.1, -0.05) is 66.7 Å². The fourth-order valence-corrected chi connectivity index (χ4v) is 2.65. The number of ether oxygens (including phenoxy) is 1. The number of hydrogen-bond acceptors (Lipinski definition) is 2. The quantitative estimate of drug-likeness (QED) is 0.695. The zero-order valence-electron chi connectivity index (χ0n) is 12.7. The Bertz CT molecular complexity index is 729. The second-order valence-electron chi connectivity index (χ2n) is 5.46. The fourth-order valence-electron chi connectivity index (χ4n) is 2.65. The fraction of sp³-hybridized carbons (Fsp3) is 0.200. The highest BCUT2D eigenvalue weighted by Gasteiger charge is 2.00. The molecule has 0 atom stereocenters. The molecule has 2 heteroatoms. The van der Waals surface area contributed by atoms with Gasteiger partial charge in [-0.15, -0.1) is 0 Å². The van der Waals surface area contributed by atoms with Crippen molar-refractivity contribution in [3.8, 4) is 0 Å². The molecule has 3 aromatic rings. The molecular formula is C20H21NO. The largest absolute Gasteiger partial charge is 0.376 e. The topological polar surface area (TPSA) is 35.2 Å². The lowest BCUT2D eigenvalue weighted by Crippen LogP contribution is -2.00. The van der Waals surface area contributed by atoms with Crippen molar-refractivity contribution in [2.45, 2.75) is 19.6 Å². The van der Waals surface area contributed by atoms with Crippen molar-refractivity contribution in [1.82, 2.24) is 0 Å². The Morgan fingerprint density at radius 1 is 0.773 bits per heavy atom. The van der Waals surface area contributed by atoms with Crippen molar-refractivity contribution < 1.29 is 4.74 Å². The van der Waals surface area contributed by atoms with Crippen molar-refractivity contribution in [2.75, 3.05) is 6.61 Å². The number of fused-ring (bicyclic) bond motifs is 1. The van der Waals surface area contributed by atoms with Gasteiger partial charge in [0.2, 0.25) is 0 Å². The van der Waals surface area contributed by atoms with Gasteiger partial charge in [0.1, 0.15) is 0 Å². The summed E-state index contributed by atoms with van der Waals surface area (Å²) in [7, 11) is 0. The van der Waals surface area contributed by atoms with Crippen LogP contribution in [0.15, 0.2) is 66.7 Å². The minimum atomic E-state index is 0.586. The Kier molecular flexibility index (Phi) is 4.84. The summed E-state index contributed by atoms with van der Waals surface area (Å²) in [5, 5.41) is 2.61. The van der Waals surface area contributed by atoms with E-state index in [-0.39, 0.29) is 0 Å². The van der Waals surface area contributed by atoms with Crippen molar-refractivity contribution in [3.05, 3.63) is 83.4 Å². The molecule has 0 heterocycles. The molecule has 0 bridgehead atoms. The molecule has 0 aromatic heterocycles. The molecular weight excluding hydrogens is 270 g/mol. The van der Waals surface area contributed by atoms with Gasteiger partial charge in [-0.05, 0) is 33.9 Å². The molecule has 0 aliphatic heterocycles. The van der Waals surface area contributed by atoms with E-state index in [0.29, 0.717) is 13.2 Å². The predicted octanol–water partition coefficient (Wildman–Crippen LogP) is 4.06. The molecule has 0 amide bonds. The maximum absolute atomic E-state index is 5.81. The van der Waals surface area contributed by atoms with Crippen LogP contribution in [-0.2, 0) is 24.3 Å². The summed E-state index contributed by atoms with van der Waals surface area (Å²) in [6, 6.07) is 23.2. The smallest absolute Gasteiger partial charge is 0.0717 e. The van der Waals surface area contributed by atoms with Gasteiger partial charge in [-0.25, -0.2) is 0 Å². The Balaban J connectivity index is 1.56. The van der Waals surface area contributed by atoms with Gasteiger partial charge in [0.25, 0.3) is 0 Å². The molecule has 112 valence electrons. The van der Waals surface area contributed by atoms with Crippen molar-refractivity contribution in [3.63, 3.8) is 0 Å². The van der Waals surface area contributed by atoms with Crippen LogP contribution in [0.3, 0.4) is 0 Å². The minimum absolute atomic E-state index is 0.586. The number of rotatable bonds is 6. The van der Waals surface area contributed by atoms with E-state index >= 15 is 0 Å². The van der Waals surface area contributed by atoms with Crippen LogP contribution in [0, 0.1) is 0 Å². The van der Waals surface area contributed by atoms with E-state index in [1.54, 1.807) is 0 Å². The summed E-state index contributed by atoms with van der Waals surface area (Å²) in [5.74, 6) is 0. The molecule has 3 aromatic carbocycles. The zero-order valence-corrected chi connectivity index (χ0v) is 12.7. The second kappa shape index (κ2) is 7.21. The van der Waals surface area contributed by atoms with E-state index in [1.165, 1.54) is 21.9 Å². The van der Waals surface area contributed by atoms with Crippen LogP contribution in [0.2, 0.25) is 0 Å². The first-order valence-corrected chi connectivity index (χ1v) is 7.69. The first-order chi connectivity index (χ1) is 10.9. The average molecular weight is 291 g/mol. The Hall–Kier alpha value is -2.16. The molecule has 0 aliphatic rings. The van der Waals surface area contributed by atoms with Gasteiger partial charge in [-0.3, -0.25) is 0 Å². The van der Waals surface area contributed by atoms with Crippen LogP contribution in [-0.4, -0.2) is 6.61 Å². The molecule has 0 saturated carbocycles. The normalized spacial score (nSPS) is 11.0. The van der Waals surface area contributed by atoms with Crippen LogP contribution in [0.1, 0.15) is 16.7 Å². The first kappa shape index (κ1) is 14.8. The lowest BCUT2D eigenvalue weighted by atomic mass is 10.0. The van der Waals surface area contributed by atoms with E-state index in [2.05, 4.69) is 66.7 Å². The molecule has 2 N–H and O–H groups in total. The molecule has 0 saturated heterocycles. The van der Waals surface area contributed by atoms with E-state index in [9.17, 15) is 0 Å². The summed E-state index contributed by atoms with van der Waals surface area (Å²) >= 11 is 0. The van der Waals surface area contributed by atoms with Crippen LogP contribution in [0.5, 0.6) is 0 Å². The maximum Gasteiger partial charge on any atom is 0.0717 e. The van der Waals surface area contributed by atoms with Gasteiger partial charge in [0, 0.05) is 6.54 Å². The minimum Gasteiger partial charge on any atom is -0.376 e. The standard InChI is InChI=1S/C20H21NO/c21-14-16-8-10-17(11-9-16)15-22-13-12-19-6-3-5-18-4-1-2-7-20(18)19/h1-11H,12-15,21H2. The number of nitrogens with two attached hydrogens (primary N) is 1. The van der Waals surface area contributed by atoms with Crippen molar-refractivity contribution in [1.29, 1.82) is 0 Å². The summed E-state index contributed by atoms with van der Waals surface area (Å²) in [6.07, 6.45) is 0.933. The Labute approximate surface area is 131 Å². The summed E-state index contributed by atoms with van der Waals surface area (Å²) in [5.41, 5.74) is 9.29. The predicted molar refractivity (Wildman–Crippen MR) is 91.6 cm³/mol. The van der Waals surface area contributed by atoms with Crippen molar-refractivity contribution in [2.24, 2.45) is 5.73 Å². The van der Waals surface area contributed by atoms with Gasteiger partial charge in [0.15, 0.2) is 0 Å². The molecule has 2 nitrogen and oxygen atoms in total.